The highest BCUT2D eigenvalue weighted by atomic mass is 32.2. The molecular weight excluding hydrogens is 336 g/mol. The molecule has 0 bridgehead atoms. The molecule has 0 radical (unpaired) electrons. The third-order valence-electron chi connectivity index (χ3n) is 3.49. The molecule has 0 aliphatic rings. The lowest BCUT2D eigenvalue weighted by molar-refractivity contribution is -0.136. The van der Waals surface area contributed by atoms with E-state index < -0.39 is 11.2 Å². The highest BCUT2D eigenvalue weighted by molar-refractivity contribution is 8.00. The molecule has 0 saturated heterocycles. The van der Waals surface area contributed by atoms with E-state index in [4.69, 9.17) is 10.4 Å². The zero-order chi connectivity index (χ0) is 17.8. The number of carboxylic acid groups (broad SMARTS) is 1. The van der Waals surface area contributed by atoms with Crippen LogP contribution in [0.4, 0.5) is 11.5 Å². The number of aliphatic carboxylic acids is 1. The van der Waals surface area contributed by atoms with Crippen molar-refractivity contribution in [2.24, 2.45) is 0 Å². The predicted molar refractivity (Wildman–Crippen MR) is 96.9 cm³/mol. The first-order chi connectivity index (χ1) is 12.1. The summed E-state index contributed by atoms with van der Waals surface area (Å²) in [6.07, 6.45) is 0. The predicted octanol–water partition coefficient (Wildman–Crippen LogP) is 3.81. The van der Waals surface area contributed by atoms with Gasteiger partial charge in [0.05, 0.1) is 17.1 Å². The molecule has 0 fully saturated rings. The van der Waals surface area contributed by atoms with Gasteiger partial charge in [-0.15, -0.1) is 0 Å². The molecule has 25 heavy (non-hydrogen) atoms. The zero-order valence-electron chi connectivity index (χ0n) is 13.3. The third kappa shape index (κ3) is 3.87. The van der Waals surface area contributed by atoms with Crippen molar-refractivity contribution >= 4 is 40.1 Å². The van der Waals surface area contributed by atoms with Gasteiger partial charge in [-0.1, -0.05) is 23.9 Å². The summed E-state index contributed by atoms with van der Waals surface area (Å²) in [6.45, 7) is 1.60. The van der Waals surface area contributed by atoms with Gasteiger partial charge in [0.25, 0.3) is 0 Å². The van der Waals surface area contributed by atoms with Crippen molar-refractivity contribution in [1.29, 1.82) is 5.26 Å². The van der Waals surface area contributed by atoms with Crippen LogP contribution in [-0.2, 0) is 4.79 Å². The summed E-state index contributed by atoms with van der Waals surface area (Å²) in [7, 11) is 0. The quantitative estimate of drug-likeness (QED) is 0.533. The van der Waals surface area contributed by atoms with Crippen LogP contribution in [0.3, 0.4) is 0 Å². The monoisotopic (exact) mass is 350 g/mol. The van der Waals surface area contributed by atoms with Gasteiger partial charge in [0, 0.05) is 11.1 Å². The number of hydrogen-bond acceptors (Lipinski definition) is 6. The number of fused-ring (bicyclic) bond motifs is 1. The molecule has 1 heterocycles. The van der Waals surface area contributed by atoms with Crippen LogP contribution in [0.25, 0.3) is 10.9 Å². The highest BCUT2D eigenvalue weighted by Crippen LogP contribution is 2.28. The number of carboxylic acids is 1. The zero-order valence-corrected chi connectivity index (χ0v) is 14.1. The molecule has 1 atom stereocenters. The van der Waals surface area contributed by atoms with Gasteiger partial charge in [-0.2, -0.15) is 5.26 Å². The first kappa shape index (κ1) is 16.7. The first-order valence-corrected chi connectivity index (χ1v) is 8.38. The van der Waals surface area contributed by atoms with Crippen molar-refractivity contribution in [2.45, 2.75) is 17.3 Å². The Hall–Kier alpha value is -3.11. The van der Waals surface area contributed by atoms with Gasteiger partial charge in [-0.25, -0.2) is 9.97 Å². The lowest BCUT2D eigenvalue weighted by Crippen LogP contribution is -2.12. The summed E-state index contributed by atoms with van der Waals surface area (Å²) >= 11 is 1.09. The smallest absolute Gasteiger partial charge is 0.316 e. The van der Waals surface area contributed by atoms with Gasteiger partial charge >= 0.3 is 5.97 Å². The maximum absolute atomic E-state index is 11.1. The summed E-state index contributed by atoms with van der Waals surface area (Å²) in [4.78, 5) is 20.0. The lowest BCUT2D eigenvalue weighted by atomic mass is 10.2. The Morgan fingerprint density at radius 1 is 1.20 bits per heavy atom. The Morgan fingerprint density at radius 2 is 1.92 bits per heavy atom. The molecule has 3 aromatic rings. The number of para-hydroxylation sites is 1. The Bertz CT molecular complexity index is 967. The van der Waals surface area contributed by atoms with Crippen molar-refractivity contribution < 1.29 is 9.90 Å². The Labute approximate surface area is 148 Å². The topological polar surface area (TPSA) is 98.9 Å². The van der Waals surface area contributed by atoms with Gasteiger partial charge in [0.1, 0.15) is 11.1 Å². The van der Waals surface area contributed by atoms with Gasteiger partial charge in [-0.05, 0) is 43.3 Å². The van der Waals surface area contributed by atoms with Crippen molar-refractivity contribution in [1.82, 2.24) is 9.97 Å². The van der Waals surface area contributed by atoms with Gasteiger partial charge < -0.3 is 10.4 Å². The van der Waals surface area contributed by atoms with E-state index in [1.165, 1.54) is 0 Å². The van der Waals surface area contributed by atoms with Crippen LogP contribution in [0.2, 0.25) is 0 Å². The van der Waals surface area contributed by atoms with E-state index in [1.807, 2.05) is 24.3 Å². The molecule has 3 rings (SSSR count). The van der Waals surface area contributed by atoms with Gasteiger partial charge in [0.15, 0.2) is 5.16 Å². The number of nitriles is 1. The van der Waals surface area contributed by atoms with E-state index in [9.17, 15) is 4.79 Å². The van der Waals surface area contributed by atoms with Crippen LogP contribution < -0.4 is 5.32 Å². The Kier molecular flexibility index (Phi) is 4.82. The summed E-state index contributed by atoms with van der Waals surface area (Å²) in [5, 5.41) is 21.8. The fourth-order valence-electron chi connectivity index (χ4n) is 2.18. The molecule has 7 heteroatoms. The second-order valence-electron chi connectivity index (χ2n) is 5.28. The van der Waals surface area contributed by atoms with Crippen molar-refractivity contribution in [3.05, 3.63) is 54.1 Å². The number of thioether (sulfide) groups is 1. The normalized spacial score (nSPS) is 11.7. The van der Waals surface area contributed by atoms with Crippen LogP contribution in [0.5, 0.6) is 0 Å². The highest BCUT2D eigenvalue weighted by Gasteiger charge is 2.16. The standard InChI is InChI=1S/C18H14N4O2S/c1-11(17(23)24)25-18-21-15-5-3-2-4-14(15)16(22-18)20-13-8-6-12(10-19)7-9-13/h2-9,11H,1H3,(H,23,24)(H,20,21,22). The summed E-state index contributed by atoms with van der Waals surface area (Å²) in [5.74, 6) is -0.321. The molecular formula is C18H14N4O2S. The van der Waals surface area contributed by atoms with E-state index >= 15 is 0 Å². The van der Waals surface area contributed by atoms with E-state index in [2.05, 4.69) is 21.4 Å². The van der Waals surface area contributed by atoms with E-state index in [-0.39, 0.29) is 0 Å². The minimum atomic E-state index is -0.914. The molecule has 2 N–H and O–H groups in total. The third-order valence-corrected chi connectivity index (χ3v) is 4.44. The Balaban J connectivity index is 1.99. The number of aromatic nitrogens is 2. The fraction of sp³-hybridized carbons (Fsp3) is 0.111. The summed E-state index contributed by atoms with van der Waals surface area (Å²) in [5.41, 5.74) is 2.09. The number of nitrogens with zero attached hydrogens (tertiary/aromatic N) is 3. The average Bonchev–Trinajstić information content (AvgIpc) is 2.62. The van der Waals surface area contributed by atoms with Gasteiger partial charge in [0.2, 0.25) is 0 Å². The van der Waals surface area contributed by atoms with Crippen LogP contribution in [0.15, 0.2) is 53.7 Å². The molecule has 0 amide bonds. The van der Waals surface area contributed by atoms with Gasteiger partial charge in [-0.3, -0.25) is 4.79 Å². The van der Waals surface area contributed by atoms with E-state index in [1.54, 1.807) is 31.2 Å². The van der Waals surface area contributed by atoms with Crippen LogP contribution in [0, 0.1) is 11.3 Å². The minimum absolute atomic E-state index is 0.393. The average molecular weight is 350 g/mol. The maximum Gasteiger partial charge on any atom is 0.316 e. The number of carbonyl (C=O) groups is 1. The molecule has 124 valence electrons. The molecule has 0 aliphatic heterocycles. The SMILES string of the molecule is CC(Sc1nc(Nc2ccc(C#N)cc2)c2ccccc2n1)C(=O)O. The van der Waals surface area contributed by atoms with Crippen LogP contribution >= 0.6 is 11.8 Å². The maximum atomic E-state index is 11.1. The lowest BCUT2D eigenvalue weighted by Gasteiger charge is -2.11. The largest absolute Gasteiger partial charge is 0.480 e. The number of anilines is 2. The number of hydrogen-bond donors (Lipinski definition) is 2. The second kappa shape index (κ2) is 7.20. The fourth-order valence-corrected chi connectivity index (χ4v) is 2.89. The molecule has 1 aromatic heterocycles. The molecule has 0 aliphatic carbocycles. The van der Waals surface area contributed by atoms with Crippen LogP contribution in [0.1, 0.15) is 12.5 Å². The van der Waals surface area contributed by atoms with Crippen LogP contribution in [-0.4, -0.2) is 26.3 Å². The van der Waals surface area contributed by atoms with Crippen molar-refractivity contribution in [3.8, 4) is 6.07 Å². The molecule has 6 nitrogen and oxygen atoms in total. The second-order valence-corrected chi connectivity index (χ2v) is 6.59. The van der Waals surface area contributed by atoms with E-state index in [0.29, 0.717) is 16.5 Å². The minimum Gasteiger partial charge on any atom is -0.480 e. The summed E-state index contributed by atoms with van der Waals surface area (Å²) < 4.78 is 0. The molecule has 2 aromatic carbocycles. The van der Waals surface area contributed by atoms with Crippen molar-refractivity contribution in [2.75, 3.05) is 5.32 Å². The number of benzene rings is 2. The number of rotatable bonds is 5. The summed E-state index contributed by atoms with van der Waals surface area (Å²) in [6, 6.07) is 16.6. The van der Waals surface area contributed by atoms with E-state index in [0.717, 1.165) is 28.4 Å². The Morgan fingerprint density at radius 3 is 2.60 bits per heavy atom. The molecule has 0 saturated carbocycles. The number of nitrogens with one attached hydrogen (secondary N) is 1. The van der Waals surface area contributed by atoms with Crippen molar-refractivity contribution in [3.63, 3.8) is 0 Å². The molecule has 0 spiro atoms. The molecule has 1 unspecified atom stereocenters. The first-order valence-electron chi connectivity index (χ1n) is 7.50.